The third-order valence-corrected chi connectivity index (χ3v) is 4.37. The molecular weight excluding hydrogens is 316 g/mol. The van der Waals surface area contributed by atoms with E-state index >= 15 is 0 Å². The molecule has 2 heterocycles. The number of hydrogen-bond donors (Lipinski definition) is 1. The maximum atomic E-state index is 12.6. The number of aliphatic hydroxyl groups excluding tert-OH is 1. The number of fused-ring (bicyclic) bond motifs is 3. The van der Waals surface area contributed by atoms with Crippen molar-refractivity contribution >= 4 is 22.1 Å². The molecule has 4 aromatic rings. The lowest BCUT2D eigenvalue weighted by molar-refractivity contribution is 0.143. The van der Waals surface area contributed by atoms with Gasteiger partial charge in [-0.05, 0) is 30.5 Å². The quantitative estimate of drug-likeness (QED) is 0.609. The number of aryl methyl sites for hydroxylation is 1. The Kier molecular flexibility index (Phi) is 4.07. The monoisotopic (exact) mass is 334 g/mol. The minimum absolute atomic E-state index is 0.200. The molecule has 5 heteroatoms. The second-order valence-corrected chi connectivity index (χ2v) is 6.16. The second kappa shape index (κ2) is 6.53. The van der Waals surface area contributed by atoms with Crippen molar-refractivity contribution in [3.63, 3.8) is 0 Å². The fourth-order valence-electron chi connectivity index (χ4n) is 3.04. The molecule has 0 aliphatic carbocycles. The zero-order valence-electron chi connectivity index (χ0n) is 13.6. The first kappa shape index (κ1) is 15.6. The molecule has 5 nitrogen and oxygen atoms in total. The summed E-state index contributed by atoms with van der Waals surface area (Å²) in [5, 5.41) is 11.1. The summed E-state index contributed by atoms with van der Waals surface area (Å²) in [6.07, 6.45) is 2.20. The van der Waals surface area contributed by atoms with Crippen LogP contribution in [0.3, 0.4) is 0 Å². The van der Waals surface area contributed by atoms with Crippen LogP contribution in [0.4, 0.5) is 0 Å². The van der Waals surface area contributed by atoms with Gasteiger partial charge in [0.05, 0.1) is 19.0 Å². The number of nitrogens with zero attached hydrogens (tertiary/aromatic N) is 2. The Labute approximate surface area is 144 Å². The van der Waals surface area contributed by atoms with E-state index < -0.39 is 6.10 Å². The lowest BCUT2D eigenvalue weighted by Gasteiger charge is -2.12. The molecule has 0 amide bonds. The summed E-state index contributed by atoms with van der Waals surface area (Å²) in [5.74, 6) is 0. The molecule has 25 heavy (non-hydrogen) atoms. The van der Waals surface area contributed by atoms with Gasteiger partial charge >= 0.3 is 0 Å². The topological polar surface area (TPSA) is 68.3 Å². The van der Waals surface area contributed by atoms with Crippen LogP contribution in [0.1, 0.15) is 12.0 Å². The van der Waals surface area contributed by atoms with Crippen LogP contribution in [0, 0.1) is 0 Å². The van der Waals surface area contributed by atoms with Gasteiger partial charge in [0.1, 0.15) is 11.1 Å². The molecule has 0 unspecified atom stereocenters. The van der Waals surface area contributed by atoms with Gasteiger partial charge in [-0.1, -0.05) is 42.5 Å². The summed E-state index contributed by atoms with van der Waals surface area (Å²) in [6, 6.07) is 17.4. The summed E-state index contributed by atoms with van der Waals surface area (Å²) in [4.78, 5) is 17.0. The van der Waals surface area contributed by atoms with Gasteiger partial charge in [-0.25, -0.2) is 4.98 Å². The van der Waals surface area contributed by atoms with E-state index in [1.54, 1.807) is 0 Å². The number of aromatic nitrogens is 2. The Hall–Kier alpha value is -2.92. The Morgan fingerprint density at radius 3 is 2.68 bits per heavy atom. The molecule has 1 N–H and O–H groups in total. The predicted octanol–water partition coefficient (Wildman–Crippen LogP) is 3.14. The molecule has 4 rings (SSSR count). The second-order valence-electron chi connectivity index (χ2n) is 6.16. The van der Waals surface area contributed by atoms with E-state index in [9.17, 15) is 9.90 Å². The summed E-state index contributed by atoms with van der Waals surface area (Å²) in [5.41, 5.74) is 2.35. The first-order valence-electron chi connectivity index (χ1n) is 8.31. The summed E-state index contributed by atoms with van der Waals surface area (Å²) < 4.78 is 7.07. The van der Waals surface area contributed by atoms with Crippen LogP contribution < -0.4 is 5.56 Å². The van der Waals surface area contributed by atoms with Crippen LogP contribution in [-0.4, -0.2) is 20.8 Å². The van der Waals surface area contributed by atoms with Gasteiger partial charge in [0, 0.05) is 5.39 Å². The SMILES string of the molecule is O=c1c2oc3ccccc3c2ncn1C[C@H](O)CCc1ccccc1. The van der Waals surface area contributed by atoms with Crippen molar-refractivity contribution < 1.29 is 9.52 Å². The van der Waals surface area contributed by atoms with Crippen molar-refractivity contribution in [1.82, 2.24) is 9.55 Å². The molecule has 0 aliphatic heterocycles. The van der Waals surface area contributed by atoms with Gasteiger partial charge in [0.2, 0.25) is 5.58 Å². The first-order valence-corrected chi connectivity index (χ1v) is 8.31. The van der Waals surface area contributed by atoms with Crippen LogP contribution >= 0.6 is 0 Å². The van der Waals surface area contributed by atoms with Gasteiger partial charge < -0.3 is 9.52 Å². The highest BCUT2D eigenvalue weighted by Crippen LogP contribution is 2.24. The maximum Gasteiger partial charge on any atom is 0.297 e. The minimum Gasteiger partial charge on any atom is -0.448 e. The first-order chi connectivity index (χ1) is 12.2. The third kappa shape index (κ3) is 3.06. The molecule has 1 atom stereocenters. The molecule has 2 aromatic heterocycles. The molecule has 126 valence electrons. The van der Waals surface area contributed by atoms with Crippen LogP contribution in [0.5, 0.6) is 0 Å². The fourth-order valence-corrected chi connectivity index (χ4v) is 3.04. The molecule has 0 saturated heterocycles. The number of hydrogen-bond acceptors (Lipinski definition) is 4. The molecule has 0 spiro atoms. The van der Waals surface area contributed by atoms with Gasteiger partial charge in [-0.3, -0.25) is 9.36 Å². The summed E-state index contributed by atoms with van der Waals surface area (Å²) in [6.45, 7) is 0.200. The Morgan fingerprint density at radius 1 is 1.08 bits per heavy atom. The molecule has 0 aliphatic rings. The number of furan rings is 1. The number of para-hydroxylation sites is 1. The molecule has 0 saturated carbocycles. The van der Waals surface area contributed by atoms with Crippen LogP contribution in [0.25, 0.3) is 22.1 Å². The van der Waals surface area contributed by atoms with Crippen LogP contribution in [-0.2, 0) is 13.0 Å². The zero-order chi connectivity index (χ0) is 17.2. The minimum atomic E-state index is -0.624. The van der Waals surface area contributed by atoms with Crippen molar-refractivity contribution in [2.75, 3.05) is 0 Å². The van der Waals surface area contributed by atoms with E-state index in [4.69, 9.17) is 4.42 Å². The van der Waals surface area contributed by atoms with E-state index in [2.05, 4.69) is 4.98 Å². The van der Waals surface area contributed by atoms with Gasteiger partial charge in [0.15, 0.2) is 0 Å². The third-order valence-electron chi connectivity index (χ3n) is 4.37. The lowest BCUT2D eigenvalue weighted by Crippen LogP contribution is -2.27. The highest BCUT2D eigenvalue weighted by Gasteiger charge is 2.14. The van der Waals surface area contributed by atoms with E-state index in [1.165, 1.54) is 16.5 Å². The van der Waals surface area contributed by atoms with E-state index in [0.29, 0.717) is 17.5 Å². The lowest BCUT2D eigenvalue weighted by atomic mass is 10.1. The molecular formula is C20H18N2O3. The van der Waals surface area contributed by atoms with E-state index in [-0.39, 0.29) is 17.7 Å². The highest BCUT2D eigenvalue weighted by atomic mass is 16.3. The van der Waals surface area contributed by atoms with Crippen molar-refractivity contribution in [2.24, 2.45) is 0 Å². The Balaban J connectivity index is 1.56. The van der Waals surface area contributed by atoms with Gasteiger partial charge in [-0.2, -0.15) is 0 Å². The smallest absolute Gasteiger partial charge is 0.297 e. The average Bonchev–Trinajstić information content (AvgIpc) is 3.03. The van der Waals surface area contributed by atoms with Crippen molar-refractivity contribution in [3.8, 4) is 0 Å². The number of rotatable bonds is 5. The Bertz CT molecular complexity index is 1070. The number of aliphatic hydroxyl groups is 1. The molecule has 0 bridgehead atoms. The van der Waals surface area contributed by atoms with Gasteiger partial charge in [0.25, 0.3) is 5.56 Å². The van der Waals surface area contributed by atoms with Crippen molar-refractivity contribution in [1.29, 1.82) is 0 Å². The largest absolute Gasteiger partial charge is 0.448 e. The predicted molar refractivity (Wildman–Crippen MR) is 96.5 cm³/mol. The van der Waals surface area contributed by atoms with Crippen molar-refractivity contribution in [3.05, 3.63) is 76.8 Å². The summed E-state index contributed by atoms with van der Waals surface area (Å²) in [7, 11) is 0. The Morgan fingerprint density at radius 2 is 1.84 bits per heavy atom. The highest BCUT2D eigenvalue weighted by molar-refractivity contribution is 6.01. The van der Waals surface area contributed by atoms with E-state index in [0.717, 1.165) is 11.8 Å². The molecule has 0 fully saturated rings. The zero-order valence-corrected chi connectivity index (χ0v) is 13.6. The normalized spacial score (nSPS) is 12.7. The van der Waals surface area contributed by atoms with Crippen LogP contribution in [0.2, 0.25) is 0 Å². The van der Waals surface area contributed by atoms with E-state index in [1.807, 2.05) is 54.6 Å². The average molecular weight is 334 g/mol. The standard InChI is InChI=1S/C20H18N2O3/c23-15(11-10-14-6-2-1-3-7-14)12-22-13-21-18-16-8-4-5-9-17(16)25-19(18)20(22)24/h1-9,13,15,23H,10-12H2/t15-/m1/s1. The fraction of sp³-hybridized carbons (Fsp3) is 0.200. The number of benzene rings is 2. The van der Waals surface area contributed by atoms with Crippen molar-refractivity contribution in [2.45, 2.75) is 25.5 Å². The molecule has 2 aromatic carbocycles. The molecule has 0 radical (unpaired) electrons. The summed E-state index contributed by atoms with van der Waals surface area (Å²) >= 11 is 0. The van der Waals surface area contributed by atoms with Crippen LogP contribution in [0.15, 0.2) is 70.1 Å². The maximum absolute atomic E-state index is 12.6. The van der Waals surface area contributed by atoms with Gasteiger partial charge in [-0.15, -0.1) is 0 Å².